The summed E-state index contributed by atoms with van der Waals surface area (Å²) >= 11 is 13.7. The third-order valence-corrected chi connectivity index (χ3v) is 5.06. The van der Waals surface area contributed by atoms with Crippen molar-refractivity contribution >= 4 is 40.3 Å². The van der Waals surface area contributed by atoms with Crippen LogP contribution in [0.15, 0.2) is 41.8 Å². The highest BCUT2D eigenvalue weighted by Gasteiger charge is 2.17. The molecule has 1 unspecified atom stereocenters. The fourth-order valence-electron chi connectivity index (χ4n) is 2.16. The number of hydrogen-bond acceptors (Lipinski definition) is 3. The van der Waals surface area contributed by atoms with Crippen LogP contribution in [0.25, 0.3) is 0 Å². The molecule has 0 aliphatic heterocycles. The molecule has 0 amide bonds. The van der Waals surface area contributed by atoms with Gasteiger partial charge in [-0.1, -0.05) is 35.9 Å². The maximum Gasteiger partial charge on any atom is 0.190 e. The van der Waals surface area contributed by atoms with Crippen LogP contribution in [0.2, 0.25) is 5.02 Å². The molecule has 2 aromatic rings. The summed E-state index contributed by atoms with van der Waals surface area (Å²) in [7, 11) is 0. The highest BCUT2D eigenvalue weighted by Crippen LogP contribution is 2.17. The zero-order chi connectivity index (χ0) is 15.8. The molecule has 0 bridgehead atoms. The lowest BCUT2D eigenvalue weighted by atomic mass is 10.1. The van der Waals surface area contributed by atoms with E-state index in [-0.39, 0.29) is 5.78 Å². The third-order valence-electron chi connectivity index (χ3n) is 3.39. The number of benzene rings is 1. The van der Waals surface area contributed by atoms with Crippen LogP contribution in [0, 0.1) is 0 Å². The van der Waals surface area contributed by atoms with Crippen molar-refractivity contribution in [2.24, 2.45) is 0 Å². The average molecular weight is 356 g/mol. The van der Waals surface area contributed by atoms with Crippen molar-refractivity contribution in [2.75, 3.05) is 13.1 Å². The van der Waals surface area contributed by atoms with Gasteiger partial charge in [0.15, 0.2) is 5.78 Å². The van der Waals surface area contributed by atoms with Gasteiger partial charge in [-0.05, 0) is 55.4 Å². The lowest BCUT2D eigenvalue weighted by molar-refractivity contribution is 0.0987. The van der Waals surface area contributed by atoms with Crippen LogP contribution in [0.5, 0.6) is 0 Å². The number of carbonyl (C=O) groups is 1. The number of ketones is 1. The molecule has 2 nitrogen and oxygen atoms in total. The van der Waals surface area contributed by atoms with E-state index in [4.69, 9.17) is 23.2 Å². The Morgan fingerprint density at radius 1 is 1.18 bits per heavy atom. The van der Waals surface area contributed by atoms with Crippen molar-refractivity contribution in [1.29, 1.82) is 0 Å². The summed E-state index contributed by atoms with van der Waals surface area (Å²) in [4.78, 5) is 12.7. The molecule has 0 saturated heterocycles. The number of halogens is 2. The summed E-state index contributed by atoms with van der Waals surface area (Å²) < 4.78 is 0. The molecule has 0 fully saturated rings. The number of alkyl halides is 1. The van der Waals surface area contributed by atoms with Crippen LogP contribution in [0.3, 0.4) is 0 Å². The first-order valence-electron chi connectivity index (χ1n) is 7.34. The van der Waals surface area contributed by atoms with Gasteiger partial charge in [-0.25, -0.2) is 0 Å². The Morgan fingerprint density at radius 3 is 2.73 bits per heavy atom. The van der Waals surface area contributed by atoms with Gasteiger partial charge < -0.3 is 5.32 Å². The first-order chi connectivity index (χ1) is 10.7. The Kier molecular flexibility index (Phi) is 7.40. The van der Waals surface area contributed by atoms with Crippen molar-refractivity contribution < 1.29 is 4.79 Å². The molecule has 1 aromatic carbocycles. The summed E-state index contributed by atoms with van der Waals surface area (Å²) in [5, 5.41) is 5.65. The zero-order valence-corrected chi connectivity index (χ0v) is 14.6. The zero-order valence-electron chi connectivity index (χ0n) is 12.2. The fourth-order valence-corrected chi connectivity index (χ4v) is 3.45. The molecule has 22 heavy (non-hydrogen) atoms. The van der Waals surface area contributed by atoms with Gasteiger partial charge in [0.05, 0.1) is 10.3 Å². The lowest BCUT2D eigenvalue weighted by Gasteiger charge is -2.09. The maximum atomic E-state index is 12.0. The second-order valence-corrected chi connectivity index (χ2v) is 6.92. The predicted molar refractivity (Wildman–Crippen MR) is 95.6 cm³/mol. The van der Waals surface area contributed by atoms with Crippen molar-refractivity contribution in [3.8, 4) is 0 Å². The molecule has 0 saturated carbocycles. The minimum Gasteiger partial charge on any atom is -0.316 e. The average Bonchev–Trinajstić information content (AvgIpc) is 3.05. The van der Waals surface area contributed by atoms with Gasteiger partial charge in [-0.2, -0.15) is 0 Å². The quantitative estimate of drug-likeness (QED) is 0.397. The third kappa shape index (κ3) is 5.40. The number of carbonyl (C=O) groups excluding carboxylic acids is 1. The first kappa shape index (κ1) is 17.5. The van der Waals surface area contributed by atoms with E-state index >= 15 is 0 Å². The molecule has 0 aliphatic carbocycles. The van der Waals surface area contributed by atoms with E-state index in [1.165, 1.54) is 11.3 Å². The van der Waals surface area contributed by atoms with Gasteiger partial charge in [0.25, 0.3) is 0 Å². The summed E-state index contributed by atoms with van der Waals surface area (Å²) in [6.07, 6.45) is 2.48. The molecule has 5 heteroatoms. The monoisotopic (exact) mass is 355 g/mol. The number of thiophene rings is 1. The summed E-state index contributed by atoms with van der Waals surface area (Å²) in [5.74, 6) is 0.0349. The van der Waals surface area contributed by atoms with Gasteiger partial charge in [0.2, 0.25) is 0 Å². The highest BCUT2D eigenvalue weighted by atomic mass is 35.5. The number of hydrogen-bond donors (Lipinski definition) is 1. The second-order valence-electron chi connectivity index (χ2n) is 5.04. The first-order valence-corrected chi connectivity index (χ1v) is 9.04. The van der Waals surface area contributed by atoms with Crippen LogP contribution in [-0.4, -0.2) is 24.2 Å². The molecule has 1 aromatic heterocycles. The molecule has 0 radical (unpaired) electrons. The Labute approximate surface area is 145 Å². The smallest absolute Gasteiger partial charge is 0.190 e. The number of rotatable bonds is 9. The van der Waals surface area contributed by atoms with Crippen molar-refractivity contribution in [2.45, 2.75) is 24.6 Å². The molecular formula is C17H19Cl2NOS. The SMILES string of the molecule is O=C(c1cccs1)C(Cl)CCCNCCc1ccccc1Cl. The largest absolute Gasteiger partial charge is 0.316 e. The molecule has 1 atom stereocenters. The molecular weight excluding hydrogens is 337 g/mol. The van der Waals surface area contributed by atoms with Gasteiger partial charge in [-0.15, -0.1) is 22.9 Å². The van der Waals surface area contributed by atoms with Gasteiger partial charge in [0, 0.05) is 5.02 Å². The topological polar surface area (TPSA) is 29.1 Å². The Bertz CT molecular complexity index is 586. The minimum absolute atomic E-state index is 0.0349. The number of nitrogens with one attached hydrogen (secondary N) is 1. The molecule has 0 spiro atoms. The van der Waals surface area contributed by atoms with Crippen LogP contribution in [-0.2, 0) is 6.42 Å². The van der Waals surface area contributed by atoms with Gasteiger partial charge >= 0.3 is 0 Å². The van der Waals surface area contributed by atoms with Gasteiger partial charge in [0.1, 0.15) is 0 Å². The molecule has 0 aliphatic rings. The van der Waals surface area contributed by atoms with E-state index in [0.717, 1.165) is 41.4 Å². The number of Topliss-reactive ketones (excluding diaryl/α,β-unsaturated/α-hetero) is 1. The summed E-state index contributed by atoms with van der Waals surface area (Å²) in [5.41, 5.74) is 1.15. The van der Waals surface area contributed by atoms with Crippen molar-refractivity contribution in [3.05, 3.63) is 57.2 Å². The molecule has 1 N–H and O–H groups in total. The Hall–Kier alpha value is -0.870. The predicted octanol–water partition coefficient (Wildman–Crippen LogP) is 4.80. The Balaban J connectivity index is 1.59. The lowest BCUT2D eigenvalue weighted by Crippen LogP contribution is -2.21. The fraction of sp³-hybridized carbons (Fsp3) is 0.353. The minimum atomic E-state index is -0.427. The maximum absolute atomic E-state index is 12.0. The van der Waals surface area contributed by atoms with E-state index in [9.17, 15) is 4.79 Å². The van der Waals surface area contributed by atoms with Crippen LogP contribution >= 0.6 is 34.5 Å². The van der Waals surface area contributed by atoms with E-state index in [2.05, 4.69) is 5.32 Å². The van der Waals surface area contributed by atoms with Gasteiger partial charge in [-0.3, -0.25) is 4.79 Å². The van der Waals surface area contributed by atoms with Crippen LogP contribution in [0.1, 0.15) is 28.1 Å². The summed E-state index contributed by atoms with van der Waals surface area (Å²) in [6.45, 7) is 1.72. The van der Waals surface area contributed by atoms with E-state index in [1.54, 1.807) is 0 Å². The molecule has 1 heterocycles. The molecule has 2 rings (SSSR count). The highest BCUT2D eigenvalue weighted by molar-refractivity contribution is 7.12. The van der Waals surface area contributed by atoms with E-state index in [0.29, 0.717) is 6.42 Å². The Morgan fingerprint density at radius 2 is 2.00 bits per heavy atom. The second kappa shape index (κ2) is 9.31. The van der Waals surface area contributed by atoms with Crippen molar-refractivity contribution in [1.82, 2.24) is 5.32 Å². The van der Waals surface area contributed by atoms with E-state index in [1.807, 2.05) is 41.8 Å². The van der Waals surface area contributed by atoms with Crippen molar-refractivity contribution in [3.63, 3.8) is 0 Å². The summed E-state index contributed by atoms with van der Waals surface area (Å²) in [6, 6.07) is 11.6. The normalized spacial score (nSPS) is 12.3. The van der Waals surface area contributed by atoms with E-state index < -0.39 is 5.38 Å². The van der Waals surface area contributed by atoms with Crippen LogP contribution < -0.4 is 5.32 Å². The standard InChI is InChI=1S/C17H19Cl2NOS/c18-14-6-2-1-5-13(14)9-11-20-10-3-7-15(19)17(21)16-8-4-12-22-16/h1-2,4-6,8,12,15,20H,3,7,9-11H2. The van der Waals surface area contributed by atoms with Crippen LogP contribution in [0.4, 0.5) is 0 Å². The molecule has 118 valence electrons.